The molecule has 0 rings (SSSR count). The van der Waals surface area contributed by atoms with Crippen LogP contribution in [0.15, 0.2) is 0 Å². The summed E-state index contributed by atoms with van der Waals surface area (Å²) in [5, 5.41) is 45.8. The lowest BCUT2D eigenvalue weighted by Crippen LogP contribution is -2.07. The first-order valence-electron chi connectivity index (χ1n) is 3.89. The second kappa shape index (κ2) is 23.5. The van der Waals surface area contributed by atoms with Gasteiger partial charge in [0.05, 0.1) is 0 Å². The van der Waals surface area contributed by atoms with Gasteiger partial charge in [0, 0.05) is 0 Å². The van der Waals surface area contributed by atoms with Crippen molar-refractivity contribution in [3.05, 3.63) is 0 Å². The predicted octanol–water partition coefficient (Wildman–Crippen LogP) is -4.09. The highest BCUT2D eigenvalue weighted by Crippen LogP contribution is 1.47. The maximum Gasteiger partial charge on any atom is 0.631 e. The Kier molecular flexibility index (Phi) is 37.9. The molecule has 7 N–H and O–H groups in total. The smallest absolute Gasteiger partial charge is 0.402 e. The van der Waals surface area contributed by atoms with Gasteiger partial charge in [-0.05, 0) is 35.2 Å². The van der Waals surface area contributed by atoms with Crippen molar-refractivity contribution in [1.82, 2.24) is 10.2 Å². The third-order valence-corrected chi connectivity index (χ3v) is 0. The van der Waals surface area contributed by atoms with Crippen molar-refractivity contribution in [1.29, 1.82) is 0 Å². The highest BCUT2D eigenvalue weighted by molar-refractivity contribution is 6.30. The van der Waals surface area contributed by atoms with E-state index in [9.17, 15) is 0 Å². The Bertz CT molecular complexity index is 65.4. The summed E-state index contributed by atoms with van der Waals surface area (Å²) in [5.74, 6) is 0. The monoisotopic (exact) mass is 228 g/mol. The first kappa shape index (κ1) is 24.2. The van der Waals surface area contributed by atoms with Crippen LogP contribution >= 0.6 is 0 Å². The lowest BCUT2D eigenvalue weighted by Gasteiger charge is -1.90. The summed E-state index contributed by atoms with van der Waals surface area (Å²) in [6.45, 7) is 0. The van der Waals surface area contributed by atoms with Gasteiger partial charge in [-0.2, -0.15) is 0 Å². The van der Waals surface area contributed by atoms with Crippen LogP contribution in [0, 0.1) is 0 Å². The first-order chi connectivity index (χ1) is 6.61. The molecular weight excluding hydrogens is 206 g/mol. The van der Waals surface area contributed by atoms with E-state index in [4.69, 9.17) is 30.1 Å². The average molecular weight is 228 g/mol. The van der Waals surface area contributed by atoms with Gasteiger partial charge in [-0.25, -0.2) is 0 Å². The Labute approximate surface area is 91.1 Å². The summed E-state index contributed by atoms with van der Waals surface area (Å²) in [6, 6.07) is 0. The van der Waals surface area contributed by atoms with Crippen molar-refractivity contribution in [3.63, 3.8) is 0 Å². The van der Waals surface area contributed by atoms with Crippen LogP contribution in [0.3, 0.4) is 0 Å². The molecule has 0 unspecified atom stereocenters. The van der Waals surface area contributed by atoms with Crippen LogP contribution < -0.4 is 5.32 Å². The molecule has 0 atom stereocenters. The molecule has 0 saturated carbocycles. The van der Waals surface area contributed by atoms with E-state index in [-0.39, 0.29) is 0 Å². The summed E-state index contributed by atoms with van der Waals surface area (Å²) >= 11 is 0. The van der Waals surface area contributed by atoms with Crippen LogP contribution in [-0.4, -0.2) is 84.9 Å². The maximum absolute atomic E-state index is 7.17. The topological polar surface area (TPSA) is 137 Å². The Balaban J connectivity index is -0.0000000542. The maximum atomic E-state index is 7.17. The fraction of sp³-hybridized carbons (Fsp3) is 1.00. The molecule has 0 heterocycles. The molecule has 0 bridgehead atoms. The van der Waals surface area contributed by atoms with E-state index in [1.807, 2.05) is 40.1 Å². The molecule has 10 heteroatoms. The zero-order valence-corrected chi connectivity index (χ0v) is 9.79. The number of hydrogen-bond acceptors (Lipinski definition) is 8. The number of nitrogens with one attached hydrogen (secondary N) is 1. The third-order valence-electron chi connectivity index (χ3n) is 0. The van der Waals surface area contributed by atoms with E-state index in [0.29, 0.717) is 0 Å². The molecule has 0 aromatic rings. The van der Waals surface area contributed by atoms with Gasteiger partial charge in [0.1, 0.15) is 0 Å². The van der Waals surface area contributed by atoms with E-state index in [0.717, 1.165) is 0 Å². The Morgan fingerprint density at radius 2 is 0.733 bits per heavy atom. The zero-order chi connectivity index (χ0) is 13.4. The van der Waals surface area contributed by atoms with Crippen LogP contribution in [-0.2, 0) is 0 Å². The van der Waals surface area contributed by atoms with E-state index < -0.39 is 14.6 Å². The van der Waals surface area contributed by atoms with Crippen molar-refractivity contribution in [3.8, 4) is 0 Å². The summed E-state index contributed by atoms with van der Waals surface area (Å²) in [5.41, 5.74) is 0. The summed E-state index contributed by atoms with van der Waals surface area (Å²) in [7, 11) is 5.42. The molecule has 0 aliphatic rings. The van der Waals surface area contributed by atoms with E-state index in [1.165, 1.54) is 0 Å². The Hall–Kier alpha value is -0.190. The highest BCUT2D eigenvalue weighted by Gasteiger charge is 1.93. The van der Waals surface area contributed by atoms with Gasteiger partial charge in [0.25, 0.3) is 0 Å². The van der Waals surface area contributed by atoms with E-state index in [1.54, 1.807) is 0 Å². The molecule has 94 valence electrons. The normalized spacial score (nSPS) is 7.20. The SMILES string of the molecule is CN(C)C.CNC.OB(O)O.OB(O)O. The number of nitrogens with zero attached hydrogens (tertiary/aromatic N) is 1. The minimum absolute atomic E-state index is 1.88. The summed E-state index contributed by atoms with van der Waals surface area (Å²) < 4.78 is 0. The third kappa shape index (κ3) is 53300. The van der Waals surface area contributed by atoms with Crippen LogP contribution in [0.4, 0.5) is 0 Å². The molecule has 0 amide bonds. The predicted molar refractivity (Wildman–Crippen MR) is 59.4 cm³/mol. The van der Waals surface area contributed by atoms with Crippen LogP contribution in [0.2, 0.25) is 0 Å². The highest BCUT2D eigenvalue weighted by atomic mass is 16.5. The van der Waals surface area contributed by atoms with Gasteiger partial charge in [-0.1, -0.05) is 0 Å². The van der Waals surface area contributed by atoms with Crippen molar-refractivity contribution in [2.24, 2.45) is 0 Å². The van der Waals surface area contributed by atoms with Crippen LogP contribution in [0.1, 0.15) is 0 Å². The zero-order valence-electron chi connectivity index (χ0n) is 9.79. The van der Waals surface area contributed by atoms with Crippen LogP contribution in [0.5, 0.6) is 0 Å². The number of rotatable bonds is 0. The lowest BCUT2D eigenvalue weighted by molar-refractivity contribution is 0.276. The molecule has 0 radical (unpaired) electrons. The molecular formula is C5H22B2N2O6. The standard InChI is InChI=1S/C3H9N.C2H7N.2BH3O3/c1-4(2)3;1-3-2;2*2-1(3)4/h1-3H3;3H,1-2H3;2*2-4H. The van der Waals surface area contributed by atoms with Crippen molar-refractivity contribution in [2.75, 3.05) is 35.2 Å². The Morgan fingerprint density at radius 3 is 0.733 bits per heavy atom. The summed E-state index contributed by atoms with van der Waals surface area (Å²) in [6.07, 6.45) is 0. The first-order valence-corrected chi connectivity index (χ1v) is 3.89. The fourth-order valence-corrected chi connectivity index (χ4v) is 0. The van der Waals surface area contributed by atoms with Gasteiger partial charge >= 0.3 is 14.6 Å². The van der Waals surface area contributed by atoms with Crippen molar-refractivity contribution < 1.29 is 30.1 Å². The molecule has 0 aliphatic carbocycles. The minimum atomic E-state index is -2.17. The molecule has 0 aromatic carbocycles. The molecule has 0 fully saturated rings. The Morgan fingerprint density at radius 1 is 0.733 bits per heavy atom. The van der Waals surface area contributed by atoms with E-state index >= 15 is 0 Å². The second-order valence-electron chi connectivity index (χ2n) is 2.53. The second-order valence-corrected chi connectivity index (χ2v) is 2.53. The summed E-state index contributed by atoms with van der Waals surface area (Å²) in [4.78, 5) is 2.00. The lowest BCUT2D eigenvalue weighted by atomic mass is 10.3. The van der Waals surface area contributed by atoms with Gasteiger partial charge in [-0.15, -0.1) is 0 Å². The largest absolute Gasteiger partial charge is 0.631 e. The van der Waals surface area contributed by atoms with Gasteiger partial charge < -0.3 is 40.4 Å². The van der Waals surface area contributed by atoms with Gasteiger partial charge in [0.2, 0.25) is 0 Å². The molecule has 0 spiro atoms. The minimum Gasteiger partial charge on any atom is -0.402 e. The van der Waals surface area contributed by atoms with Crippen molar-refractivity contribution >= 4 is 14.6 Å². The van der Waals surface area contributed by atoms with E-state index in [2.05, 4.69) is 5.32 Å². The molecule has 8 nitrogen and oxygen atoms in total. The molecule has 15 heavy (non-hydrogen) atoms. The fourth-order valence-electron chi connectivity index (χ4n) is 0. The van der Waals surface area contributed by atoms with Gasteiger partial charge in [0.15, 0.2) is 0 Å². The number of hydrogen-bond donors (Lipinski definition) is 7. The van der Waals surface area contributed by atoms with Crippen LogP contribution in [0.25, 0.3) is 0 Å². The van der Waals surface area contributed by atoms with Crippen molar-refractivity contribution in [2.45, 2.75) is 0 Å². The molecule has 0 aromatic heterocycles. The molecule has 0 saturated heterocycles. The quantitative estimate of drug-likeness (QED) is 0.208. The average Bonchev–Trinajstić information content (AvgIpc) is 1.81. The molecule has 0 aliphatic heterocycles. The van der Waals surface area contributed by atoms with Gasteiger partial charge in [-0.3, -0.25) is 0 Å².